The number of nitrogens with one attached hydrogen (secondary N) is 1. The molecule has 1 amide bonds. The first kappa shape index (κ1) is 16.3. The van der Waals surface area contributed by atoms with Gasteiger partial charge >= 0.3 is 6.09 Å². The Kier molecular flexibility index (Phi) is 4.95. The molecular formula is C13H20ClN3O3S. The number of aromatic nitrogens is 1. The molecule has 0 spiro atoms. The monoisotopic (exact) mass is 333 g/mol. The number of hydrogen-bond donors (Lipinski definition) is 1. The smallest absolute Gasteiger partial charge is 0.410 e. The predicted molar refractivity (Wildman–Crippen MR) is 82.2 cm³/mol. The number of amides is 1. The average Bonchev–Trinajstić information content (AvgIpc) is 2.78. The van der Waals surface area contributed by atoms with Gasteiger partial charge in [0.1, 0.15) is 10.8 Å². The summed E-state index contributed by atoms with van der Waals surface area (Å²) in [5, 5.41) is 4.28. The lowest BCUT2D eigenvalue weighted by molar-refractivity contribution is 0.0196. The fourth-order valence-corrected chi connectivity index (χ4v) is 3.23. The van der Waals surface area contributed by atoms with Crippen molar-refractivity contribution in [1.82, 2.24) is 15.2 Å². The normalized spacial score (nSPS) is 19.5. The van der Waals surface area contributed by atoms with Crippen LogP contribution in [-0.2, 0) is 4.74 Å². The highest BCUT2D eigenvalue weighted by atomic mass is 35.5. The van der Waals surface area contributed by atoms with Crippen molar-refractivity contribution in [1.29, 1.82) is 0 Å². The van der Waals surface area contributed by atoms with E-state index in [4.69, 9.17) is 21.1 Å². The first-order valence-electron chi connectivity index (χ1n) is 6.71. The van der Waals surface area contributed by atoms with Crippen molar-refractivity contribution in [2.45, 2.75) is 32.4 Å². The highest BCUT2D eigenvalue weighted by Crippen LogP contribution is 2.34. The molecule has 0 radical (unpaired) electrons. The van der Waals surface area contributed by atoms with Gasteiger partial charge in [-0.25, -0.2) is 4.79 Å². The molecule has 8 heteroatoms. The third-order valence-electron chi connectivity index (χ3n) is 2.91. The van der Waals surface area contributed by atoms with E-state index in [0.29, 0.717) is 30.0 Å². The lowest BCUT2D eigenvalue weighted by Crippen LogP contribution is -2.49. The van der Waals surface area contributed by atoms with Gasteiger partial charge < -0.3 is 19.7 Å². The molecule has 0 bridgehead atoms. The maximum Gasteiger partial charge on any atom is 0.410 e. The summed E-state index contributed by atoms with van der Waals surface area (Å²) in [6.45, 7) is 7.36. The van der Waals surface area contributed by atoms with E-state index in [2.05, 4.69) is 10.3 Å². The van der Waals surface area contributed by atoms with Crippen LogP contribution < -0.4 is 10.1 Å². The summed E-state index contributed by atoms with van der Waals surface area (Å²) >= 11 is 7.52. The first-order valence-corrected chi connectivity index (χ1v) is 7.91. The zero-order chi connectivity index (χ0) is 15.6. The Morgan fingerprint density at radius 2 is 2.24 bits per heavy atom. The van der Waals surface area contributed by atoms with Gasteiger partial charge in [0.25, 0.3) is 5.19 Å². The summed E-state index contributed by atoms with van der Waals surface area (Å²) in [5.41, 5.74) is -0.497. The zero-order valence-electron chi connectivity index (χ0n) is 12.6. The topological polar surface area (TPSA) is 63.7 Å². The van der Waals surface area contributed by atoms with Gasteiger partial charge in [-0.1, -0.05) is 22.9 Å². The molecule has 118 valence electrons. The van der Waals surface area contributed by atoms with E-state index in [-0.39, 0.29) is 12.1 Å². The molecule has 1 aliphatic rings. The van der Waals surface area contributed by atoms with Crippen molar-refractivity contribution in [3.8, 4) is 5.19 Å². The Bertz CT molecular complexity index is 515. The highest BCUT2D eigenvalue weighted by molar-refractivity contribution is 7.14. The van der Waals surface area contributed by atoms with Gasteiger partial charge in [0.2, 0.25) is 0 Å². The number of carbonyl (C=O) groups is 1. The Morgan fingerprint density at radius 1 is 1.52 bits per heavy atom. The number of thiazole rings is 1. The molecule has 1 unspecified atom stereocenters. The molecule has 1 aromatic rings. The lowest BCUT2D eigenvalue weighted by Gasteiger charge is -2.34. The number of halogens is 1. The summed E-state index contributed by atoms with van der Waals surface area (Å²) < 4.78 is 10.5. The second-order valence-corrected chi connectivity index (χ2v) is 7.12. The van der Waals surface area contributed by atoms with E-state index >= 15 is 0 Å². The number of ether oxygens (including phenoxy) is 2. The summed E-state index contributed by atoms with van der Waals surface area (Å²) in [4.78, 5) is 18.8. The molecule has 21 heavy (non-hydrogen) atoms. The van der Waals surface area contributed by atoms with Crippen LogP contribution in [0, 0.1) is 0 Å². The Balaban J connectivity index is 2.06. The molecule has 1 N–H and O–H groups in total. The van der Waals surface area contributed by atoms with Crippen molar-refractivity contribution < 1.29 is 14.3 Å². The van der Waals surface area contributed by atoms with Crippen molar-refractivity contribution >= 4 is 29.0 Å². The van der Waals surface area contributed by atoms with Crippen LogP contribution in [0.1, 0.15) is 31.7 Å². The van der Waals surface area contributed by atoms with Crippen molar-refractivity contribution in [3.63, 3.8) is 0 Å². The van der Waals surface area contributed by atoms with E-state index in [0.717, 1.165) is 4.88 Å². The maximum atomic E-state index is 12.1. The highest BCUT2D eigenvalue weighted by Gasteiger charge is 2.30. The van der Waals surface area contributed by atoms with E-state index in [1.165, 1.54) is 11.3 Å². The van der Waals surface area contributed by atoms with E-state index < -0.39 is 5.60 Å². The third kappa shape index (κ3) is 4.21. The Morgan fingerprint density at radius 3 is 2.81 bits per heavy atom. The Labute approximate surface area is 133 Å². The van der Waals surface area contributed by atoms with Crippen molar-refractivity contribution in [3.05, 3.63) is 10.0 Å². The minimum atomic E-state index is -0.497. The van der Waals surface area contributed by atoms with Crippen LogP contribution in [0.15, 0.2) is 0 Å². The van der Waals surface area contributed by atoms with Crippen LogP contribution in [0.5, 0.6) is 5.19 Å². The minimum absolute atomic E-state index is 0.0554. The molecule has 0 aliphatic carbocycles. The summed E-state index contributed by atoms with van der Waals surface area (Å²) in [5.74, 6) is 0. The van der Waals surface area contributed by atoms with E-state index in [9.17, 15) is 4.79 Å². The van der Waals surface area contributed by atoms with Crippen LogP contribution >= 0.6 is 22.9 Å². The molecular weight excluding hydrogens is 314 g/mol. The SMILES string of the molecule is COc1nc(Cl)c(C2CN(C(=O)OC(C)(C)C)CCN2)s1. The maximum absolute atomic E-state index is 12.1. The van der Waals surface area contributed by atoms with Crippen LogP contribution in [0.2, 0.25) is 5.15 Å². The second kappa shape index (κ2) is 6.37. The van der Waals surface area contributed by atoms with Crippen LogP contribution in [0.3, 0.4) is 0 Å². The van der Waals surface area contributed by atoms with Gasteiger partial charge in [0.05, 0.1) is 18.0 Å². The van der Waals surface area contributed by atoms with Gasteiger partial charge in [-0.15, -0.1) is 0 Å². The fraction of sp³-hybridized carbons (Fsp3) is 0.692. The first-order chi connectivity index (χ1) is 9.80. The van der Waals surface area contributed by atoms with Crippen LogP contribution in [0.25, 0.3) is 0 Å². The molecule has 1 saturated heterocycles. The molecule has 0 aromatic carbocycles. The van der Waals surface area contributed by atoms with Crippen molar-refractivity contribution in [2.75, 3.05) is 26.7 Å². The third-order valence-corrected chi connectivity index (χ3v) is 4.44. The summed E-state index contributed by atoms with van der Waals surface area (Å²) in [7, 11) is 1.56. The summed E-state index contributed by atoms with van der Waals surface area (Å²) in [6.07, 6.45) is -0.304. The minimum Gasteiger partial charge on any atom is -0.473 e. The molecule has 0 saturated carbocycles. The van der Waals surface area contributed by atoms with Gasteiger partial charge in [0, 0.05) is 19.6 Å². The van der Waals surface area contributed by atoms with Gasteiger partial charge in [-0.05, 0) is 20.8 Å². The molecule has 2 heterocycles. The largest absolute Gasteiger partial charge is 0.473 e. The van der Waals surface area contributed by atoms with Crippen molar-refractivity contribution in [2.24, 2.45) is 0 Å². The number of nitrogens with zero attached hydrogens (tertiary/aromatic N) is 2. The number of carbonyl (C=O) groups excluding carboxylic acids is 1. The zero-order valence-corrected chi connectivity index (χ0v) is 14.2. The molecule has 1 aliphatic heterocycles. The quantitative estimate of drug-likeness (QED) is 0.901. The van der Waals surface area contributed by atoms with E-state index in [1.807, 2.05) is 20.8 Å². The average molecular weight is 334 g/mol. The Hall–Kier alpha value is -1.05. The van der Waals surface area contributed by atoms with Crippen LogP contribution in [0.4, 0.5) is 4.79 Å². The van der Waals surface area contributed by atoms with Gasteiger partial charge in [0.15, 0.2) is 0 Å². The molecule has 1 fully saturated rings. The standard InChI is InChI=1S/C13H20ClN3O3S/c1-13(2,3)20-12(18)17-6-5-15-8(7-17)9-10(14)16-11(19-4)21-9/h8,15H,5-7H2,1-4H3. The number of methoxy groups -OCH3 is 1. The van der Waals surface area contributed by atoms with Gasteiger partial charge in [-0.3, -0.25) is 0 Å². The number of piperazine rings is 1. The molecule has 6 nitrogen and oxygen atoms in total. The predicted octanol–water partition coefficient (Wildman–Crippen LogP) is 2.69. The lowest BCUT2D eigenvalue weighted by atomic mass is 10.2. The molecule has 1 atom stereocenters. The van der Waals surface area contributed by atoms with E-state index in [1.54, 1.807) is 12.0 Å². The number of hydrogen-bond acceptors (Lipinski definition) is 6. The van der Waals surface area contributed by atoms with Crippen LogP contribution in [-0.4, -0.2) is 48.3 Å². The second-order valence-electron chi connectivity index (χ2n) is 5.77. The number of rotatable bonds is 2. The molecule has 1 aromatic heterocycles. The summed E-state index contributed by atoms with van der Waals surface area (Å²) in [6, 6.07) is -0.0554. The fourth-order valence-electron chi connectivity index (χ4n) is 2.01. The van der Waals surface area contributed by atoms with Gasteiger partial charge in [-0.2, -0.15) is 4.98 Å². The molecule has 2 rings (SSSR count).